The lowest BCUT2D eigenvalue weighted by molar-refractivity contribution is 0.887. The fourth-order valence-electron chi connectivity index (χ4n) is 0.894. The minimum atomic E-state index is -1.17. The highest BCUT2D eigenvalue weighted by molar-refractivity contribution is 7.93. The van der Waals surface area contributed by atoms with Crippen LogP contribution in [0.3, 0.4) is 0 Å². The maximum Gasteiger partial charge on any atom is 0.0369 e. The fourth-order valence-corrected chi connectivity index (χ4v) is 2.68. The second kappa shape index (κ2) is 5.55. The van der Waals surface area contributed by atoms with Gasteiger partial charge < -0.3 is 0 Å². The summed E-state index contributed by atoms with van der Waals surface area (Å²) in [4.78, 5) is 0. The van der Waals surface area contributed by atoms with E-state index in [-0.39, 0.29) is 0 Å². The second-order valence-corrected chi connectivity index (χ2v) is 5.17. The Hall–Kier alpha value is -0.0900. The number of nitrogens with one attached hydrogen (secondary N) is 1. The molecule has 0 rings (SSSR count). The van der Waals surface area contributed by atoms with E-state index in [9.17, 15) is 0 Å². The molecule has 0 fully saturated rings. The number of unbranched alkanes of at least 4 members (excludes halogenated alkanes) is 1. The van der Waals surface area contributed by atoms with E-state index in [1.165, 1.54) is 12.8 Å². The van der Waals surface area contributed by atoms with Gasteiger partial charge in [-0.05, 0) is 23.3 Å². The predicted octanol–water partition coefficient (Wildman–Crippen LogP) is 1.70. The summed E-state index contributed by atoms with van der Waals surface area (Å²) in [5.74, 6) is 1.08. The topological polar surface area (TPSA) is 36.8 Å². The van der Waals surface area contributed by atoms with Gasteiger partial charge in [-0.25, -0.2) is 8.73 Å². The molecule has 0 aromatic rings. The van der Waals surface area contributed by atoms with Crippen molar-refractivity contribution in [1.82, 2.24) is 4.72 Å². The minimum Gasteiger partial charge on any atom is -0.251 e. The lowest BCUT2D eigenvalue weighted by Gasteiger charge is -2.12. The number of nitrogens with zero attached hydrogens (tertiary/aromatic N) is 2. The van der Waals surface area contributed by atoms with Crippen molar-refractivity contribution in [2.24, 2.45) is 8.73 Å². The molecule has 0 radical (unpaired) electrons. The lowest BCUT2D eigenvalue weighted by atomic mass is 10.4. The van der Waals surface area contributed by atoms with Crippen LogP contribution in [-0.2, 0) is 9.81 Å². The molecule has 0 aliphatic rings. The Morgan fingerprint density at radius 2 is 1.82 bits per heavy atom. The summed E-state index contributed by atoms with van der Waals surface area (Å²) < 4.78 is 11.8. The summed E-state index contributed by atoms with van der Waals surface area (Å²) in [5.41, 5.74) is 0. The Balaban J connectivity index is 4.35. The summed E-state index contributed by atoms with van der Waals surface area (Å²) in [7, 11) is 4.45. The average Bonchev–Trinajstić information content (AvgIpc) is 2.08. The molecule has 0 atom stereocenters. The zero-order chi connectivity index (χ0) is 8.74. The van der Waals surface area contributed by atoms with Gasteiger partial charge in [-0.1, -0.05) is 13.3 Å². The SMILES string of the molecule is CCCCS(=NC)(=NC)NC. The van der Waals surface area contributed by atoms with E-state index in [1.54, 1.807) is 0 Å². The molecule has 0 heterocycles. The van der Waals surface area contributed by atoms with Crippen LogP contribution in [-0.4, -0.2) is 26.9 Å². The first kappa shape index (κ1) is 10.9. The summed E-state index contributed by atoms with van der Waals surface area (Å²) >= 11 is 0. The van der Waals surface area contributed by atoms with E-state index < -0.39 is 9.81 Å². The average molecular weight is 177 g/mol. The molecule has 4 heteroatoms. The highest BCUT2D eigenvalue weighted by Gasteiger charge is 1.98. The Kier molecular flexibility index (Phi) is 5.50. The Morgan fingerprint density at radius 3 is 2.09 bits per heavy atom. The van der Waals surface area contributed by atoms with E-state index >= 15 is 0 Å². The van der Waals surface area contributed by atoms with Gasteiger partial charge in [0.15, 0.2) is 0 Å². The van der Waals surface area contributed by atoms with Crippen molar-refractivity contribution in [2.45, 2.75) is 19.8 Å². The van der Waals surface area contributed by atoms with Crippen LogP contribution in [0.5, 0.6) is 0 Å². The van der Waals surface area contributed by atoms with Crippen LogP contribution in [0, 0.1) is 0 Å². The highest BCUT2D eigenvalue weighted by Crippen LogP contribution is 1.99. The molecule has 0 aromatic heterocycles. The fraction of sp³-hybridized carbons (Fsp3) is 1.00. The number of hydrogen-bond donors (Lipinski definition) is 1. The minimum absolute atomic E-state index is 1.08. The van der Waals surface area contributed by atoms with Gasteiger partial charge in [-0.3, -0.25) is 4.72 Å². The summed E-state index contributed by atoms with van der Waals surface area (Å²) in [6.07, 6.45) is 2.41. The maximum absolute atomic E-state index is 4.30. The zero-order valence-electron chi connectivity index (χ0n) is 7.92. The van der Waals surface area contributed by atoms with Gasteiger partial charge in [0.05, 0.1) is 0 Å². The summed E-state index contributed by atoms with van der Waals surface area (Å²) in [6.45, 7) is 2.19. The predicted molar refractivity (Wildman–Crippen MR) is 52.9 cm³/mol. The summed E-state index contributed by atoms with van der Waals surface area (Å²) in [6, 6.07) is 0. The van der Waals surface area contributed by atoms with Crippen molar-refractivity contribution < 1.29 is 0 Å². The maximum atomic E-state index is 4.30. The van der Waals surface area contributed by atoms with E-state index in [4.69, 9.17) is 0 Å². The molecule has 11 heavy (non-hydrogen) atoms. The second-order valence-electron chi connectivity index (χ2n) is 2.29. The Morgan fingerprint density at radius 1 is 1.27 bits per heavy atom. The standard InChI is InChI=1S/C7H19N3S/c1-5-6-7-11(8-2,9-3)10-4/h5-7H2,1-4H3,(H,8,9,10). The molecule has 0 unspecified atom stereocenters. The molecule has 0 spiro atoms. The van der Waals surface area contributed by atoms with Crippen molar-refractivity contribution >= 4 is 9.81 Å². The van der Waals surface area contributed by atoms with Crippen molar-refractivity contribution in [3.05, 3.63) is 0 Å². The molecule has 3 nitrogen and oxygen atoms in total. The largest absolute Gasteiger partial charge is 0.251 e. The summed E-state index contributed by atoms with van der Waals surface area (Å²) in [5, 5.41) is 0. The van der Waals surface area contributed by atoms with Gasteiger partial charge in [0.2, 0.25) is 0 Å². The molecular formula is C7H19N3S. The van der Waals surface area contributed by atoms with E-state index in [0.717, 1.165) is 5.75 Å². The van der Waals surface area contributed by atoms with Gasteiger partial charge in [-0.2, -0.15) is 0 Å². The number of hydrogen-bond acceptors (Lipinski definition) is 2. The smallest absolute Gasteiger partial charge is 0.0369 e. The first-order chi connectivity index (χ1) is 5.24. The molecule has 0 saturated carbocycles. The molecule has 0 aliphatic heterocycles. The number of rotatable bonds is 4. The zero-order valence-corrected chi connectivity index (χ0v) is 8.74. The molecule has 0 aliphatic carbocycles. The van der Waals surface area contributed by atoms with Gasteiger partial charge in [-0.15, -0.1) is 0 Å². The van der Waals surface area contributed by atoms with Crippen molar-refractivity contribution in [2.75, 3.05) is 26.9 Å². The third-order valence-electron chi connectivity index (χ3n) is 1.71. The van der Waals surface area contributed by atoms with Crippen LogP contribution >= 0.6 is 0 Å². The van der Waals surface area contributed by atoms with Crippen LogP contribution in [0.1, 0.15) is 19.8 Å². The van der Waals surface area contributed by atoms with E-state index in [2.05, 4.69) is 20.4 Å². The molecule has 68 valence electrons. The monoisotopic (exact) mass is 177 g/mol. The first-order valence-corrected chi connectivity index (χ1v) is 5.68. The first-order valence-electron chi connectivity index (χ1n) is 3.96. The van der Waals surface area contributed by atoms with Crippen LogP contribution < -0.4 is 4.72 Å². The van der Waals surface area contributed by atoms with Gasteiger partial charge >= 0.3 is 0 Å². The van der Waals surface area contributed by atoms with E-state index in [0.29, 0.717) is 0 Å². The van der Waals surface area contributed by atoms with Crippen molar-refractivity contribution in [3.63, 3.8) is 0 Å². The van der Waals surface area contributed by atoms with Crippen molar-refractivity contribution in [1.29, 1.82) is 0 Å². The van der Waals surface area contributed by atoms with Crippen LogP contribution in [0.2, 0.25) is 0 Å². The normalized spacial score (nSPS) is 11.3. The van der Waals surface area contributed by atoms with Crippen LogP contribution in [0.25, 0.3) is 0 Å². The Labute approximate surface area is 70.5 Å². The quantitative estimate of drug-likeness (QED) is 0.697. The Bertz CT molecular complexity index is 188. The molecule has 0 amide bonds. The molecule has 1 N–H and O–H groups in total. The molecular weight excluding hydrogens is 158 g/mol. The van der Waals surface area contributed by atoms with Gasteiger partial charge in [0, 0.05) is 19.8 Å². The molecule has 0 aromatic carbocycles. The third-order valence-corrected chi connectivity index (χ3v) is 4.43. The van der Waals surface area contributed by atoms with Gasteiger partial charge in [0.25, 0.3) is 0 Å². The lowest BCUT2D eigenvalue weighted by Crippen LogP contribution is -2.21. The van der Waals surface area contributed by atoms with Crippen molar-refractivity contribution in [3.8, 4) is 0 Å². The molecule has 0 saturated heterocycles. The highest BCUT2D eigenvalue weighted by atomic mass is 32.2. The van der Waals surface area contributed by atoms with E-state index in [1.807, 2.05) is 21.1 Å². The third kappa shape index (κ3) is 3.20. The van der Waals surface area contributed by atoms with Crippen LogP contribution in [0.4, 0.5) is 0 Å². The van der Waals surface area contributed by atoms with Crippen LogP contribution in [0.15, 0.2) is 8.73 Å². The molecule has 0 bridgehead atoms. The van der Waals surface area contributed by atoms with Gasteiger partial charge in [0.1, 0.15) is 0 Å².